The van der Waals surface area contributed by atoms with Gasteiger partial charge in [0.2, 0.25) is 5.16 Å². The minimum absolute atomic E-state index is 0.00678. The number of carbonyl (C=O) groups is 1. The van der Waals surface area contributed by atoms with E-state index >= 15 is 0 Å². The van der Waals surface area contributed by atoms with Gasteiger partial charge in [-0.1, -0.05) is 25.1 Å². The van der Waals surface area contributed by atoms with E-state index in [9.17, 15) is 18.0 Å². The van der Waals surface area contributed by atoms with Crippen LogP contribution < -0.4 is 4.74 Å². The van der Waals surface area contributed by atoms with Crippen molar-refractivity contribution in [1.82, 2.24) is 19.6 Å². The number of unbranched alkanes of at least 4 members (excludes halogenated alkanes) is 1. The van der Waals surface area contributed by atoms with Crippen LogP contribution in [0.4, 0.5) is 13.2 Å². The monoisotopic (exact) mass is 440 g/mol. The SMILES string of the molecule is CCCCOC(=O)CSc1nc2nc(-c3ccc(OC)cc3)cc(C(F)(F)F)n2n1. The lowest BCUT2D eigenvalue weighted by Gasteiger charge is -2.10. The number of methoxy groups -OCH3 is 1. The highest BCUT2D eigenvalue weighted by atomic mass is 32.2. The van der Waals surface area contributed by atoms with Crippen molar-refractivity contribution in [3.05, 3.63) is 36.0 Å². The quantitative estimate of drug-likeness (QED) is 0.294. The van der Waals surface area contributed by atoms with Crippen molar-refractivity contribution in [2.75, 3.05) is 19.5 Å². The van der Waals surface area contributed by atoms with Gasteiger partial charge in [0.15, 0.2) is 5.69 Å². The van der Waals surface area contributed by atoms with E-state index in [4.69, 9.17) is 9.47 Å². The summed E-state index contributed by atoms with van der Waals surface area (Å²) < 4.78 is 51.6. The number of thioether (sulfide) groups is 1. The Labute approximate surface area is 174 Å². The number of hydrogen-bond donors (Lipinski definition) is 0. The van der Waals surface area contributed by atoms with Crippen molar-refractivity contribution in [2.45, 2.75) is 31.1 Å². The summed E-state index contributed by atoms with van der Waals surface area (Å²) >= 11 is 0.897. The molecule has 7 nitrogen and oxygen atoms in total. The molecule has 0 aliphatic rings. The van der Waals surface area contributed by atoms with Gasteiger partial charge in [-0.3, -0.25) is 4.79 Å². The molecule has 0 bridgehead atoms. The van der Waals surface area contributed by atoms with Crippen LogP contribution in [0, 0.1) is 0 Å². The Morgan fingerprint density at radius 2 is 1.93 bits per heavy atom. The maximum Gasteiger partial charge on any atom is 0.433 e. The zero-order valence-electron chi connectivity index (χ0n) is 16.3. The van der Waals surface area contributed by atoms with Crippen LogP contribution in [0.2, 0.25) is 0 Å². The van der Waals surface area contributed by atoms with Gasteiger partial charge in [-0.15, -0.1) is 5.10 Å². The first kappa shape index (κ1) is 21.9. The predicted octanol–water partition coefficient (Wildman–Crippen LogP) is 4.25. The van der Waals surface area contributed by atoms with Gasteiger partial charge in [-0.05, 0) is 36.8 Å². The maximum atomic E-state index is 13.6. The van der Waals surface area contributed by atoms with Crippen molar-refractivity contribution in [3.8, 4) is 17.0 Å². The van der Waals surface area contributed by atoms with Crippen LogP contribution in [0.3, 0.4) is 0 Å². The molecule has 0 saturated carbocycles. The summed E-state index contributed by atoms with van der Waals surface area (Å²) in [6.07, 6.45) is -3.04. The average molecular weight is 440 g/mol. The van der Waals surface area contributed by atoms with Gasteiger partial charge in [-0.2, -0.15) is 22.7 Å². The molecular weight excluding hydrogens is 421 g/mol. The van der Waals surface area contributed by atoms with Crippen LogP contribution in [-0.4, -0.2) is 45.0 Å². The number of benzene rings is 1. The Morgan fingerprint density at radius 1 is 1.20 bits per heavy atom. The molecule has 11 heteroatoms. The largest absolute Gasteiger partial charge is 0.497 e. The summed E-state index contributed by atoms with van der Waals surface area (Å²) in [5.74, 6) is -0.219. The number of alkyl halides is 3. The van der Waals surface area contributed by atoms with Gasteiger partial charge < -0.3 is 9.47 Å². The third-order valence-corrected chi connectivity index (χ3v) is 4.86. The zero-order chi connectivity index (χ0) is 21.7. The fourth-order valence-corrected chi connectivity index (χ4v) is 3.13. The number of rotatable bonds is 8. The first-order valence-electron chi connectivity index (χ1n) is 9.09. The summed E-state index contributed by atoms with van der Waals surface area (Å²) in [5, 5.41) is 3.87. The van der Waals surface area contributed by atoms with Crippen molar-refractivity contribution in [3.63, 3.8) is 0 Å². The Balaban J connectivity index is 1.89. The fourth-order valence-electron chi connectivity index (χ4n) is 2.52. The van der Waals surface area contributed by atoms with Crippen molar-refractivity contribution < 1.29 is 27.4 Å². The van der Waals surface area contributed by atoms with E-state index < -0.39 is 17.8 Å². The van der Waals surface area contributed by atoms with Crippen LogP contribution >= 0.6 is 11.8 Å². The number of carbonyl (C=O) groups excluding carboxylic acids is 1. The zero-order valence-corrected chi connectivity index (χ0v) is 17.1. The van der Waals surface area contributed by atoms with E-state index in [2.05, 4.69) is 15.1 Å². The average Bonchev–Trinajstić information content (AvgIpc) is 3.14. The van der Waals surface area contributed by atoms with E-state index in [1.807, 2.05) is 6.92 Å². The Morgan fingerprint density at radius 3 is 2.57 bits per heavy atom. The molecule has 0 aliphatic heterocycles. The minimum Gasteiger partial charge on any atom is -0.497 e. The summed E-state index contributed by atoms with van der Waals surface area (Å²) in [6.45, 7) is 2.27. The lowest BCUT2D eigenvalue weighted by atomic mass is 10.1. The van der Waals surface area contributed by atoms with Crippen molar-refractivity contribution >= 4 is 23.5 Å². The molecule has 0 radical (unpaired) electrons. The Hall–Kier alpha value is -2.82. The molecule has 0 fully saturated rings. The second-order valence-corrected chi connectivity index (χ2v) is 7.16. The van der Waals surface area contributed by atoms with Crippen molar-refractivity contribution in [2.24, 2.45) is 0 Å². The van der Waals surface area contributed by atoms with Gasteiger partial charge >= 0.3 is 12.1 Å². The molecule has 0 spiro atoms. The first-order valence-corrected chi connectivity index (χ1v) is 10.1. The van der Waals surface area contributed by atoms with Gasteiger partial charge in [0.25, 0.3) is 5.78 Å². The molecule has 2 heterocycles. The molecule has 160 valence electrons. The molecule has 0 saturated heterocycles. The normalized spacial score (nSPS) is 11.6. The molecule has 0 aliphatic carbocycles. The second kappa shape index (κ2) is 9.33. The molecular formula is C19H19F3N4O3S. The molecule has 3 aromatic rings. The highest BCUT2D eigenvalue weighted by Gasteiger charge is 2.35. The molecule has 30 heavy (non-hydrogen) atoms. The minimum atomic E-state index is -4.67. The molecule has 0 amide bonds. The number of esters is 1. The summed E-state index contributed by atoms with van der Waals surface area (Å²) in [4.78, 5) is 20.0. The number of fused-ring (bicyclic) bond motifs is 1. The van der Waals surface area contributed by atoms with Gasteiger partial charge in [0.1, 0.15) is 5.75 Å². The smallest absolute Gasteiger partial charge is 0.433 e. The topological polar surface area (TPSA) is 78.6 Å². The summed E-state index contributed by atoms with van der Waals surface area (Å²) in [6, 6.07) is 7.39. The molecule has 0 N–H and O–H groups in total. The number of hydrogen-bond acceptors (Lipinski definition) is 7. The van der Waals surface area contributed by atoms with E-state index in [0.29, 0.717) is 22.4 Å². The van der Waals surface area contributed by atoms with Crippen LogP contribution in [-0.2, 0) is 15.7 Å². The number of nitrogens with zero attached hydrogens (tertiary/aromatic N) is 4. The van der Waals surface area contributed by atoms with E-state index in [-0.39, 0.29) is 22.4 Å². The third kappa shape index (κ3) is 5.21. The number of ether oxygens (including phenoxy) is 2. The standard InChI is InChI=1S/C19H19F3N4O3S/c1-3-4-9-29-16(27)11-30-18-24-17-23-14(12-5-7-13(28-2)8-6-12)10-15(19(20,21)22)26(17)25-18/h5-8,10H,3-4,9,11H2,1-2H3. The van der Waals surface area contributed by atoms with E-state index in [0.717, 1.165) is 30.7 Å². The first-order chi connectivity index (χ1) is 14.3. The molecule has 0 atom stereocenters. The van der Waals surface area contributed by atoms with Crippen LogP contribution in [0.1, 0.15) is 25.5 Å². The van der Waals surface area contributed by atoms with E-state index in [1.165, 1.54) is 7.11 Å². The molecule has 1 aromatic carbocycles. The fraction of sp³-hybridized carbons (Fsp3) is 0.368. The van der Waals surface area contributed by atoms with Gasteiger partial charge in [-0.25, -0.2) is 4.98 Å². The van der Waals surface area contributed by atoms with Crippen LogP contribution in [0.25, 0.3) is 17.0 Å². The highest BCUT2D eigenvalue weighted by Crippen LogP contribution is 2.32. The Kier molecular flexibility index (Phi) is 6.80. The third-order valence-electron chi connectivity index (χ3n) is 4.05. The van der Waals surface area contributed by atoms with Gasteiger partial charge in [0.05, 0.1) is 25.2 Å². The second-order valence-electron chi connectivity index (χ2n) is 6.22. The Bertz CT molecular complexity index is 1020. The lowest BCUT2D eigenvalue weighted by molar-refractivity contribution is -0.143. The lowest BCUT2D eigenvalue weighted by Crippen LogP contribution is -2.14. The maximum absolute atomic E-state index is 13.6. The number of halogens is 3. The van der Waals surface area contributed by atoms with Gasteiger partial charge in [0, 0.05) is 5.56 Å². The highest BCUT2D eigenvalue weighted by molar-refractivity contribution is 7.99. The van der Waals surface area contributed by atoms with Crippen LogP contribution in [0.15, 0.2) is 35.5 Å². The van der Waals surface area contributed by atoms with Crippen LogP contribution in [0.5, 0.6) is 5.75 Å². The summed E-state index contributed by atoms with van der Waals surface area (Å²) in [5.41, 5.74) is -0.441. The summed E-state index contributed by atoms with van der Waals surface area (Å²) in [7, 11) is 1.50. The predicted molar refractivity (Wildman–Crippen MR) is 104 cm³/mol. The van der Waals surface area contributed by atoms with E-state index in [1.54, 1.807) is 24.3 Å². The van der Waals surface area contributed by atoms with Crippen molar-refractivity contribution in [1.29, 1.82) is 0 Å². The number of aromatic nitrogens is 4. The molecule has 3 rings (SSSR count). The molecule has 0 unspecified atom stereocenters. The molecule has 2 aromatic heterocycles.